The Balaban J connectivity index is 1.83. The molecule has 136 valence electrons. The van der Waals surface area contributed by atoms with Crippen LogP contribution in [0.1, 0.15) is 27.8 Å². The summed E-state index contributed by atoms with van der Waals surface area (Å²) in [6, 6.07) is 6.37. The molecule has 3 rings (SSSR count). The number of carbonyl (C=O) groups is 1. The molecule has 26 heavy (non-hydrogen) atoms. The van der Waals surface area contributed by atoms with Gasteiger partial charge >= 0.3 is 6.18 Å². The van der Waals surface area contributed by atoms with Crippen LogP contribution < -0.4 is 0 Å². The standard InChI is InChI=1S/C16H14F3N5O2/c1-10-20-14(22-26-10)9-23(2)15(25)12-7-8-24(21-12)13-6-4-3-5-11(13)16(17,18)19/h3-8H,9H2,1-2H3. The number of amides is 1. The molecule has 0 radical (unpaired) electrons. The summed E-state index contributed by atoms with van der Waals surface area (Å²) in [6.45, 7) is 1.71. The van der Waals surface area contributed by atoms with Crippen molar-refractivity contribution in [3.8, 4) is 5.69 Å². The van der Waals surface area contributed by atoms with Crippen LogP contribution in [0.25, 0.3) is 5.69 Å². The van der Waals surface area contributed by atoms with E-state index in [-0.39, 0.29) is 17.9 Å². The van der Waals surface area contributed by atoms with Gasteiger partial charge in [-0.05, 0) is 18.2 Å². The molecule has 7 nitrogen and oxygen atoms in total. The second-order valence-electron chi connectivity index (χ2n) is 5.55. The van der Waals surface area contributed by atoms with Gasteiger partial charge in [-0.1, -0.05) is 17.3 Å². The van der Waals surface area contributed by atoms with Crippen LogP contribution in [-0.4, -0.2) is 37.8 Å². The molecule has 0 fully saturated rings. The molecule has 0 spiro atoms. The molecule has 0 bridgehead atoms. The summed E-state index contributed by atoms with van der Waals surface area (Å²) in [6.07, 6.45) is -3.22. The number of alkyl halides is 3. The lowest BCUT2D eigenvalue weighted by Gasteiger charge is -2.14. The number of carbonyl (C=O) groups excluding carboxylic acids is 1. The van der Waals surface area contributed by atoms with Crippen LogP contribution in [0.2, 0.25) is 0 Å². The van der Waals surface area contributed by atoms with Gasteiger partial charge in [-0.2, -0.15) is 23.3 Å². The van der Waals surface area contributed by atoms with Gasteiger partial charge in [-0.25, -0.2) is 4.68 Å². The fourth-order valence-electron chi connectivity index (χ4n) is 2.37. The molecule has 3 aromatic rings. The van der Waals surface area contributed by atoms with Crippen molar-refractivity contribution in [2.24, 2.45) is 0 Å². The fraction of sp³-hybridized carbons (Fsp3) is 0.250. The maximum Gasteiger partial charge on any atom is 0.418 e. The number of nitrogens with zero attached hydrogens (tertiary/aromatic N) is 5. The molecule has 1 amide bonds. The third-order valence-corrected chi connectivity index (χ3v) is 3.56. The van der Waals surface area contributed by atoms with Crippen molar-refractivity contribution in [3.05, 3.63) is 59.5 Å². The van der Waals surface area contributed by atoms with Gasteiger partial charge in [0, 0.05) is 20.2 Å². The predicted octanol–water partition coefficient (Wildman–Crippen LogP) is 2.85. The lowest BCUT2D eigenvalue weighted by atomic mass is 10.2. The Morgan fingerprint density at radius 2 is 2.00 bits per heavy atom. The van der Waals surface area contributed by atoms with Crippen LogP contribution in [0, 0.1) is 6.92 Å². The average Bonchev–Trinajstić information content (AvgIpc) is 3.22. The normalized spacial score (nSPS) is 11.6. The smallest absolute Gasteiger partial charge is 0.340 e. The zero-order chi connectivity index (χ0) is 18.9. The van der Waals surface area contributed by atoms with E-state index >= 15 is 0 Å². The number of halogens is 3. The van der Waals surface area contributed by atoms with Gasteiger partial charge in [0.25, 0.3) is 5.91 Å². The van der Waals surface area contributed by atoms with E-state index in [0.29, 0.717) is 11.7 Å². The molecule has 0 atom stereocenters. The number of aromatic nitrogens is 4. The van der Waals surface area contributed by atoms with Crippen molar-refractivity contribution in [3.63, 3.8) is 0 Å². The molecule has 2 aromatic heterocycles. The summed E-state index contributed by atoms with van der Waals surface area (Å²) in [5.41, 5.74) is -0.988. The topological polar surface area (TPSA) is 77.1 Å². The molecule has 0 unspecified atom stereocenters. The zero-order valence-electron chi connectivity index (χ0n) is 13.9. The van der Waals surface area contributed by atoms with Crippen LogP contribution in [0.15, 0.2) is 41.1 Å². The first-order valence-corrected chi connectivity index (χ1v) is 7.52. The van der Waals surface area contributed by atoms with E-state index in [1.54, 1.807) is 6.92 Å². The van der Waals surface area contributed by atoms with Crippen molar-refractivity contribution in [1.29, 1.82) is 0 Å². The largest absolute Gasteiger partial charge is 0.418 e. The highest BCUT2D eigenvalue weighted by molar-refractivity contribution is 5.92. The highest BCUT2D eigenvalue weighted by atomic mass is 19.4. The minimum atomic E-state index is -4.53. The molecule has 0 saturated heterocycles. The Morgan fingerprint density at radius 3 is 2.65 bits per heavy atom. The Bertz CT molecular complexity index is 932. The Labute approximate surface area is 146 Å². The van der Waals surface area contributed by atoms with Crippen LogP contribution in [0.3, 0.4) is 0 Å². The molecule has 10 heteroatoms. The number of aryl methyl sites for hydroxylation is 1. The van der Waals surface area contributed by atoms with E-state index in [1.807, 2.05) is 0 Å². The van der Waals surface area contributed by atoms with Crippen LogP contribution in [0.4, 0.5) is 13.2 Å². The van der Waals surface area contributed by atoms with Gasteiger partial charge in [0.15, 0.2) is 11.5 Å². The monoisotopic (exact) mass is 365 g/mol. The van der Waals surface area contributed by atoms with Crippen molar-refractivity contribution < 1.29 is 22.5 Å². The lowest BCUT2D eigenvalue weighted by Crippen LogP contribution is -2.27. The number of rotatable bonds is 4. The van der Waals surface area contributed by atoms with E-state index < -0.39 is 17.6 Å². The van der Waals surface area contributed by atoms with Crippen molar-refractivity contribution in [2.75, 3.05) is 7.05 Å². The highest BCUT2D eigenvalue weighted by Crippen LogP contribution is 2.33. The molecule has 0 saturated carbocycles. The lowest BCUT2D eigenvalue weighted by molar-refractivity contribution is -0.137. The molecule has 0 aliphatic carbocycles. The number of hydrogen-bond acceptors (Lipinski definition) is 5. The molecule has 2 heterocycles. The van der Waals surface area contributed by atoms with E-state index in [1.165, 1.54) is 42.4 Å². The fourth-order valence-corrected chi connectivity index (χ4v) is 2.37. The molecule has 0 aliphatic rings. The summed E-state index contributed by atoms with van der Waals surface area (Å²) < 4.78 is 45.3. The second-order valence-corrected chi connectivity index (χ2v) is 5.55. The van der Waals surface area contributed by atoms with Gasteiger partial charge in [-0.15, -0.1) is 0 Å². The van der Waals surface area contributed by atoms with Crippen LogP contribution in [-0.2, 0) is 12.7 Å². The first-order valence-electron chi connectivity index (χ1n) is 7.52. The van der Waals surface area contributed by atoms with Gasteiger partial charge in [0.2, 0.25) is 5.89 Å². The summed E-state index contributed by atoms with van der Waals surface area (Å²) in [7, 11) is 1.51. The molecule has 1 aromatic carbocycles. The van der Waals surface area contributed by atoms with Crippen LogP contribution in [0.5, 0.6) is 0 Å². The average molecular weight is 365 g/mol. The maximum absolute atomic E-state index is 13.1. The van der Waals surface area contributed by atoms with Gasteiger partial charge in [0.1, 0.15) is 0 Å². The Hall–Kier alpha value is -3.17. The minimum Gasteiger partial charge on any atom is -0.340 e. The maximum atomic E-state index is 13.1. The summed E-state index contributed by atoms with van der Waals surface area (Å²) >= 11 is 0. The second kappa shape index (κ2) is 6.62. The highest BCUT2D eigenvalue weighted by Gasteiger charge is 2.34. The van der Waals surface area contributed by atoms with Crippen LogP contribution >= 0.6 is 0 Å². The van der Waals surface area contributed by atoms with E-state index in [9.17, 15) is 18.0 Å². The van der Waals surface area contributed by atoms with Crippen molar-refractivity contribution in [1.82, 2.24) is 24.8 Å². The molecular formula is C16H14F3N5O2. The SMILES string of the molecule is Cc1nc(CN(C)C(=O)c2ccn(-c3ccccc3C(F)(F)F)n2)no1. The first kappa shape index (κ1) is 17.6. The number of para-hydroxylation sites is 1. The Morgan fingerprint density at radius 1 is 1.27 bits per heavy atom. The number of benzene rings is 1. The summed E-state index contributed by atoms with van der Waals surface area (Å²) in [5.74, 6) is 0.213. The number of hydrogen-bond donors (Lipinski definition) is 0. The molecule has 0 N–H and O–H groups in total. The van der Waals surface area contributed by atoms with E-state index in [0.717, 1.165) is 10.7 Å². The Kier molecular flexibility index (Phi) is 4.49. The van der Waals surface area contributed by atoms with Gasteiger partial charge in [-0.3, -0.25) is 4.79 Å². The quantitative estimate of drug-likeness (QED) is 0.711. The first-order chi connectivity index (χ1) is 12.3. The zero-order valence-corrected chi connectivity index (χ0v) is 13.9. The van der Waals surface area contributed by atoms with Gasteiger partial charge in [0.05, 0.1) is 17.8 Å². The minimum absolute atomic E-state index is 0.00435. The molecule has 0 aliphatic heterocycles. The van der Waals surface area contributed by atoms with Gasteiger partial charge < -0.3 is 9.42 Å². The van der Waals surface area contributed by atoms with Crippen molar-refractivity contribution in [2.45, 2.75) is 19.6 Å². The van der Waals surface area contributed by atoms with Crippen molar-refractivity contribution >= 4 is 5.91 Å². The summed E-state index contributed by atoms with van der Waals surface area (Å²) in [5, 5.41) is 7.68. The molecular weight excluding hydrogens is 351 g/mol. The van der Waals surface area contributed by atoms with E-state index in [4.69, 9.17) is 4.52 Å². The third kappa shape index (κ3) is 3.58. The van der Waals surface area contributed by atoms with E-state index in [2.05, 4.69) is 15.2 Å². The summed E-state index contributed by atoms with van der Waals surface area (Å²) in [4.78, 5) is 17.7. The third-order valence-electron chi connectivity index (χ3n) is 3.56. The predicted molar refractivity (Wildman–Crippen MR) is 83.4 cm³/mol.